The molecule has 0 spiro atoms. The molecule has 0 saturated carbocycles. The van der Waals surface area contributed by atoms with Crippen LogP contribution in [-0.2, 0) is 22.6 Å². The Labute approximate surface area is 215 Å². The molecule has 4 nitrogen and oxygen atoms in total. The van der Waals surface area contributed by atoms with E-state index in [2.05, 4.69) is 28.2 Å². The fourth-order valence-corrected chi connectivity index (χ4v) is 4.89. The summed E-state index contributed by atoms with van der Waals surface area (Å²) in [5.41, 5.74) is 2.01. The summed E-state index contributed by atoms with van der Waals surface area (Å²) < 4.78 is 0.947. The third kappa shape index (κ3) is 8.33. The van der Waals surface area contributed by atoms with Crippen LogP contribution < -0.4 is 5.32 Å². The molecule has 34 heavy (non-hydrogen) atoms. The molecule has 1 N–H and O–H groups in total. The molecule has 0 radical (unpaired) electrons. The van der Waals surface area contributed by atoms with Crippen LogP contribution in [-0.4, -0.2) is 35.1 Å². The van der Waals surface area contributed by atoms with E-state index in [0.29, 0.717) is 19.5 Å². The summed E-state index contributed by atoms with van der Waals surface area (Å²) in [5, 5.41) is 3.06. The van der Waals surface area contributed by atoms with Crippen LogP contribution in [0, 0.1) is 0 Å². The van der Waals surface area contributed by atoms with Gasteiger partial charge in [-0.3, -0.25) is 9.59 Å². The predicted molar refractivity (Wildman–Crippen MR) is 144 cm³/mol. The summed E-state index contributed by atoms with van der Waals surface area (Å²) in [5.74, 6) is 0.108. The van der Waals surface area contributed by atoms with Gasteiger partial charge < -0.3 is 10.2 Å². The van der Waals surface area contributed by atoms with Crippen molar-refractivity contribution in [2.45, 2.75) is 43.7 Å². The van der Waals surface area contributed by atoms with Gasteiger partial charge in [0.2, 0.25) is 11.8 Å². The minimum absolute atomic E-state index is 0.0552. The Kier molecular flexibility index (Phi) is 10.7. The van der Waals surface area contributed by atoms with Crippen molar-refractivity contribution >= 4 is 39.5 Å². The SMILES string of the molecule is CCCCNC(=O)[C@@H](Cc1ccccc1)N(Cc1cccc(Br)c1)C(=O)CSc1ccccc1. The Hall–Kier alpha value is -2.57. The van der Waals surface area contributed by atoms with Crippen molar-refractivity contribution in [3.8, 4) is 0 Å². The van der Waals surface area contributed by atoms with Crippen molar-refractivity contribution in [3.63, 3.8) is 0 Å². The average Bonchev–Trinajstić information content (AvgIpc) is 2.86. The third-order valence-electron chi connectivity index (χ3n) is 5.45. The van der Waals surface area contributed by atoms with E-state index in [1.165, 1.54) is 11.8 Å². The fourth-order valence-electron chi connectivity index (χ4n) is 3.64. The maximum Gasteiger partial charge on any atom is 0.243 e. The Morgan fingerprint density at radius 1 is 0.941 bits per heavy atom. The predicted octanol–water partition coefficient (Wildman–Crippen LogP) is 6.10. The van der Waals surface area contributed by atoms with Crippen LogP contribution in [0.4, 0.5) is 0 Å². The minimum atomic E-state index is -0.595. The van der Waals surface area contributed by atoms with Crippen molar-refractivity contribution in [1.29, 1.82) is 0 Å². The maximum absolute atomic E-state index is 13.6. The molecule has 3 rings (SSSR count). The second kappa shape index (κ2) is 14.0. The summed E-state index contributed by atoms with van der Waals surface area (Å²) >= 11 is 5.02. The van der Waals surface area contributed by atoms with Gasteiger partial charge >= 0.3 is 0 Å². The number of thioether (sulfide) groups is 1. The van der Waals surface area contributed by atoms with E-state index < -0.39 is 6.04 Å². The van der Waals surface area contributed by atoms with Crippen molar-refractivity contribution < 1.29 is 9.59 Å². The van der Waals surface area contributed by atoms with Crippen LogP contribution >= 0.6 is 27.7 Å². The van der Waals surface area contributed by atoms with Gasteiger partial charge in [-0.15, -0.1) is 11.8 Å². The number of carbonyl (C=O) groups excluding carboxylic acids is 2. The second-order valence-electron chi connectivity index (χ2n) is 8.10. The molecular weight excluding hydrogens is 508 g/mol. The molecule has 6 heteroatoms. The van der Waals surface area contributed by atoms with E-state index in [-0.39, 0.29) is 17.6 Å². The first kappa shape index (κ1) is 26.0. The van der Waals surface area contributed by atoms with E-state index in [4.69, 9.17) is 0 Å². The van der Waals surface area contributed by atoms with Crippen molar-refractivity contribution in [2.24, 2.45) is 0 Å². The molecule has 2 amide bonds. The zero-order valence-corrected chi connectivity index (χ0v) is 21.9. The summed E-state index contributed by atoms with van der Waals surface area (Å²) in [7, 11) is 0. The molecule has 0 aliphatic heterocycles. The van der Waals surface area contributed by atoms with Gasteiger partial charge in [0.25, 0.3) is 0 Å². The Balaban J connectivity index is 1.87. The van der Waals surface area contributed by atoms with E-state index in [1.54, 1.807) is 4.90 Å². The lowest BCUT2D eigenvalue weighted by molar-refractivity contribution is -0.139. The first-order valence-electron chi connectivity index (χ1n) is 11.6. The molecule has 0 aliphatic rings. The van der Waals surface area contributed by atoms with E-state index in [1.807, 2.05) is 84.9 Å². The maximum atomic E-state index is 13.6. The summed E-state index contributed by atoms with van der Waals surface area (Å²) in [4.78, 5) is 29.7. The first-order chi connectivity index (χ1) is 16.6. The molecule has 0 saturated heterocycles. The smallest absolute Gasteiger partial charge is 0.243 e. The quantitative estimate of drug-likeness (QED) is 0.224. The fraction of sp³-hybridized carbons (Fsp3) is 0.286. The van der Waals surface area contributed by atoms with Crippen molar-refractivity contribution in [1.82, 2.24) is 10.2 Å². The Morgan fingerprint density at radius 2 is 1.62 bits per heavy atom. The number of hydrogen-bond acceptors (Lipinski definition) is 3. The molecule has 0 fully saturated rings. The number of halogens is 1. The monoisotopic (exact) mass is 538 g/mol. The largest absolute Gasteiger partial charge is 0.354 e. The zero-order valence-electron chi connectivity index (χ0n) is 19.5. The molecule has 0 aliphatic carbocycles. The van der Waals surface area contributed by atoms with Crippen molar-refractivity contribution in [3.05, 3.63) is 101 Å². The Bertz CT molecular complexity index is 1050. The van der Waals surface area contributed by atoms with E-state index in [9.17, 15) is 9.59 Å². The number of nitrogens with zero attached hydrogens (tertiary/aromatic N) is 1. The number of carbonyl (C=O) groups is 2. The number of nitrogens with one attached hydrogen (secondary N) is 1. The summed E-state index contributed by atoms with van der Waals surface area (Å²) in [6, 6.07) is 27.1. The molecule has 0 bridgehead atoms. The van der Waals surface area contributed by atoms with Crippen LogP contribution in [0.2, 0.25) is 0 Å². The number of amides is 2. The second-order valence-corrected chi connectivity index (χ2v) is 10.1. The molecule has 3 aromatic rings. The van der Waals surface area contributed by atoms with Gasteiger partial charge in [0, 0.05) is 28.9 Å². The first-order valence-corrected chi connectivity index (χ1v) is 13.4. The van der Waals surface area contributed by atoms with Crippen LogP contribution in [0.15, 0.2) is 94.3 Å². The number of rotatable bonds is 12. The van der Waals surface area contributed by atoms with Crippen LogP contribution in [0.5, 0.6) is 0 Å². The lowest BCUT2D eigenvalue weighted by Gasteiger charge is -2.31. The molecule has 3 aromatic carbocycles. The number of hydrogen-bond donors (Lipinski definition) is 1. The molecule has 0 unspecified atom stereocenters. The van der Waals surface area contributed by atoms with Gasteiger partial charge in [0.1, 0.15) is 6.04 Å². The molecular formula is C28H31BrN2O2S. The molecule has 0 heterocycles. The van der Waals surface area contributed by atoms with Crippen LogP contribution in [0.25, 0.3) is 0 Å². The Morgan fingerprint density at radius 3 is 2.29 bits per heavy atom. The van der Waals surface area contributed by atoms with Crippen LogP contribution in [0.3, 0.4) is 0 Å². The number of unbranched alkanes of at least 4 members (excludes halogenated alkanes) is 1. The highest BCUT2D eigenvalue weighted by molar-refractivity contribution is 9.10. The highest BCUT2D eigenvalue weighted by Gasteiger charge is 2.30. The average molecular weight is 540 g/mol. The van der Waals surface area contributed by atoms with Gasteiger partial charge in [-0.25, -0.2) is 0 Å². The zero-order chi connectivity index (χ0) is 24.2. The van der Waals surface area contributed by atoms with Gasteiger partial charge in [-0.05, 0) is 41.8 Å². The standard InChI is InChI=1S/C28H31BrN2O2S/c1-2-3-17-30-28(33)26(19-22-11-6-4-7-12-22)31(20-23-13-10-14-24(29)18-23)27(32)21-34-25-15-8-5-9-16-25/h4-16,18,26H,2-3,17,19-21H2,1H3,(H,30,33)/t26-/m1/s1. The van der Waals surface area contributed by atoms with Crippen molar-refractivity contribution in [2.75, 3.05) is 12.3 Å². The molecule has 1 atom stereocenters. The lowest BCUT2D eigenvalue weighted by atomic mass is 10.0. The third-order valence-corrected chi connectivity index (χ3v) is 6.94. The summed E-state index contributed by atoms with van der Waals surface area (Å²) in [6.07, 6.45) is 2.37. The van der Waals surface area contributed by atoms with Gasteiger partial charge in [-0.1, -0.05) is 89.9 Å². The van der Waals surface area contributed by atoms with Gasteiger partial charge in [-0.2, -0.15) is 0 Å². The summed E-state index contributed by atoms with van der Waals surface area (Å²) in [6.45, 7) is 3.07. The van der Waals surface area contributed by atoms with Gasteiger partial charge in [0.15, 0.2) is 0 Å². The highest BCUT2D eigenvalue weighted by Crippen LogP contribution is 2.22. The normalized spacial score (nSPS) is 11.6. The van der Waals surface area contributed by atoms with E-state index >= 15 is 0 Å². The molecule has 0 aromatic heterocycles. The number of benzene rings is 3. The molecule has 178 valence electrons. The topological polar surface area (TPSA) is 49.4 Å². The van der Waals surface area contributed by atoms with Crippen LogP contribution in [0.1, 0.15) is 30.9 Å². The van der Waals surface area contributed by atoms with Gasteiger partial charge in [0.05, 0.1) is 5.75 Å². The minimum Gasteiger partial charge on any atom is -0.354 e. The highest BCUT2D eigenvalue weighted by atomic mass is 79.9. The van der Waals surface area contributed by atoms with E-state index in [0.717, 1.165) is 33.3 Å². The lowest BCUT2D eigenvalue weighted by Crippen LogP contribution is -2.51.